The van der Waals surface area contributed by atoms with Crippen LogP contribution in [-0.4, -0.2) is 41.2 Å². The van der Waals surface area contributed by atoms with Crippen molar-refractivity contribution in [2.24, 2.45) is 0 Å². The first-order valence-electron chi connectivity index (χ1n) is 11.0. The van der Waals surface area contributed by atoms with Crippen LogP contribution in [0.2, 0.25) is 0 Å². The van der Waals surface area contributed by atoms with E-state index in [4.69, 9.17) is 9.97 Å². The van der Waals surface area contributed by atoms with Crippen LogP contribution in [0, 0.1) is 6.92 Å². The average Bonchev–Trinajstić information content (AvgIpc) is 3.55. The number of anilines is 1. The SMILES string of the molecule is Cc1ccc(-c2cncc3[nH]c(-c4n[nH]c5ccc(-c6cncc(NC(C)C)c6)nc45)nc23)s1. The van der Waals surface area contributed by atoms with Crippen molar-refractivity contribution in [3.8, 4) is 33.2 Å². The van der Waals surface area contributed by atoms with Gasteiger partial charge < -0.3 is 10.3 Å². The zero-order valence-electron chi connectivity index (χ0n) is 18.9. The summed E-state index contributed by atoms with van der Waals surface area (Å²) in [7, 11) is 0. The molecule has 6 aromatic heterocycles. The van der Waals surface area contributed by atoms with Crippen LogP contribution in [0.15, 0.2) is 55.1 Å². The second-order valence-corrected chi connectivity index (χ2v) is 9.79. The van der Waals surface area contributed by atoms with Crippen molar-refractivity contribution in [1.82, 2.24) is 35.1 Å². The quantitative estimate of drug-likeness (QED) is 0.296. The van der Waals surface area contributed by atoms with Crippen molar-refractivity contribution in [2.75, 3.05) is 5.32 Å². The molecule has 6 heterocycles. The molecule has 0 saturated carbocycles. The first kappa shape index (κ1) is 20.5. The van der Waals surface area contributed by atoms with E-state index in [9.17, 15) is 0 Å². The van der Waals surface area contributed by atoms with Crippen molar-refractivity contribution in [3.63, 3.8) is 0 Å². The van der Waals surface area contributed by atoms with Gasteiger partial charge in [-0.05, 0) is 51.1 Å². The molecule has 0 atom stereocenters. The molecule has 0 spiro atoms. The van der Waals surface area contributed by atoms with E-state index in [2.05, 4.69) is 69.4 Å². The fourth-order valence-corrected chi connectivity index (χ4v) is 4.90. The van der Waals surface area contributed by atoms with Gasteiger partial charge in [0.2, 0.25) is 0 Å². The number of imidazole rings is 1. The molecule has 0 unspecified atom stereocenters. The summed E-state index contributed by atoms with van der Waals surface area (Å²) in [5, 5.41) is 11.0. The summed E-state index contributed by atoms with van der Waals surface area (Å²) >= 11 is 1.73. The van der Waals surface area contributed by atoms with Gasteiger partial charge in [-0.2, -0.15) is 5.10 Å². The summed E-state index contributed by atoms with van der Waals surface area (Å²) in [6.07, 6.45) is 7.30. The van der Waals surface area contributed by atoms with Crippen LogP contribution in [-0.2, 0) is 0 Å². The lowest BCUT2D eigenvalue weighted by Gasteiger charge is -2.10. The number of pyridine rings is 3. The molecule has 34 heavy (non-hydrogen) atoms. The number of thiophene rings is 1. The van der Waals surface area contributed by atoms with Crippen LogP contribution >= 0.6 is 11.3 Å². The fourth-order valence-electron chi connectivity index (χ4n) is 4.02. The third kappa shape index (κ3) is 3.60. The molecule has 0 amide bonds. The highest BCUT2D eigenvalue weighted by atomic mass is 32.1. The van der Waals surface area contributed by atoms with E-state index in [0.717, 1.165) is 49.5 Å². The number of H-pyrrole nitrogens is 2. The van der Waals surface area contributed by atoms with Crippen LogP contribution in [0.5, 0.6) is 0 Å². The lowest BCUT2D eigenvalue weighted by Crippen LogP contribution is -2.09. The van der Waals surface area contributed by atoms with Gasteiger partial charge in [0, 0.05) is 45.5 Å². The van der Waals surface area contributed by atoms with Gasteiger partial charge in [-0.3, -0.25) is 15.1 Å². The number of fused-ring (bicyclic) bond motifs is 2. The summed E-state index contributed by atoms with van der Waals surface area (Å²) in [6.45, 7) is 6.30. The summed E-state index contributed by atoms with van der Waals surface area (Å²) in [6, 6.07) is 10.6. The number of hydrogen-bond donors (Lipinski definition) is 3. The normalized spacial score (nSPS) is 11.6. The van der Waals surface area contributed by atoms with Gasteiger partial charge in [0.05, 0.1) is 28.6 Å². The van der Waals surface area contributed by atoms with Gasteiger partial charge in [0.1, 0.15) is 11.0 Å². The molecule has 0 aliphatic carbocycles. The van der Waals surface area contributed by atoms with Crippen LogP contribution in [0.3, 0.4) is 0 Å². The number of rotatable bonds is 5. The predicted octanol–water partition coefficient (Wildman–Crippen LogP) is 5.82. The molecule has 0 saturated heterocycles. The van der Waals surface area contributed by atoms with Gasteiger partial charge in [0.15, 0.2) is 11.5 Å². The number of nitrogens with one attached hydrogen (secondary N) is 3. The maximum atomic E-state index is 4.92. The largest absolute Gasteiger partial charge is 0.382 e. The predicted molar refractivity (Wildman–Crippen MR) is 137 cm³/mol. The van der Waals surface area contributed by atoms with E-state index in [-0.39, 0.29) is 0 Å². The minimum absolute atomic E-state index is 0.318. The monoisotopic (exact) mass is 466 g/mol. The van der Waals surface area contributed by atoms with E-state index in [1.54, 1.807) is 17.5 Å². The Morgan fingerprint density at radius 3 is 2.62 bits per heavy atom. The molecule has 9 heteroatoms. The smallest absolute Gasteiger partial charge is 0.161 e. The van der Waals surface area contributed by atoms with Crippen molar-refractivity contribution >= 4 is 39.1 Å². The molecule has 6 aromatic rings. The summed E-state index contributed by atoms with van der Waals surface area (Å²) < 4.78 is 0. The molecule has 6 rings (SSSR count). The number of aromatic nitrogens is 7. The van der Waals surface area contributed by atoms with E-state index >= 15 is 0 Å². The minimum Gasteiger partial charge on any atom is -0.382 e. The van der Waals surface area contributed by atoms with Gasteiger partial charge >= 0.3 is 0 Å². The molecule has 0 fully saturated rings. The summed E-state index contributed by atoms with van der Waals surface area (Å²) in [4.78, 5) is 24.4. The maximum Gasteiger partial charge on any atom is 0.161 e. The van der Waals surface area contributed by atoms with Gasteiger partial charge in [0.25, 0.3) is 0 Å². The number of nitrogens with zero attached hydrogens (tertiary/aromatic N) is 5. The Bertz CT molecular complexity index is 1640. The van der Waals surface area contributed by atoms with Crippen molar-refractivity contribution < 1.29 is 0 Å². The van der Waals surface area contributed by atoms with Gasteiger partial charge in [-0.1, -0.05) is 0 Å². The molecule has 3 N–H and O–H groups in total. The lowest BCUT2D eigenvalue weighted by molar-refractivity contribution is 0.898. The first-order valence-corrected chi connectivity index (χ1v) is 11.8. The van der Waals surface area contributed by atoms with Crippen LogP contribution in [0.25, 0.3) is 55.3 Å². The summed E-state index contributed by atoms with van der Waals surface area (Å²) in [5.74, 6) is 0.654. The Morgan fingerprint density at radius 2 is 1.79 bits per heavy atom. The molecule has 168 valence electrons. The van der Waals surface area contributed by atoms with Crippen molar-refractivity contribution in [2.45, 2.75) is 26.8 Å². The molecule has 0 aliphatic heterocycles. The van der Waals surface area contributed by atoms with E-state index in [1.807, 2.05) is 30.7 Å². The summed E-state index contributed by atoms with van der Waals surface area (Å²) in [5.41, 5.74) is 7.72. The van der Waals surface area contributed by atoms with E-state index in [0.29, 0.717) is 17.6 Å². The molecule has 0 aliphatic rings. The highest BCUT2D eigenvalue weighted by Gasteiger charge is 2.17. The molecule has 8 nitrogen and oxygen atoms in total. The Balaban J connectivity index is 1.45. The minimum atomic E-state index is 0.318. The second kappa shape index (κ2) is 8.03. The Kier molecular flexibility index (Phi) is 4.84. The Hall–Kier alpha value is -4.11. The average molecular weight is 467 g/mol. The van der Waals surface area contributed by atoms with E-state index < -0.39 is 0 Å². The van der Waals surface area contributed by atoms with Gasteiger partial charge in [-0.25, -0.2) is 9.97 Å². The fraction of sp³-hybridized carbons (Fsp3) is 0.160. The zero-order chi connectivity index (χ0) is 23.2. The number of hydrogen-bond acceptors (Lipinski definition) is 7. The van der Waals surface area contributed by atoms with Crippen LogP contribution in [0.4, 0.5) is 5.69 Å². The molecule has 0 bridgehead atoms. The zero-order valence-corrected chi connectivity index (χ0v) is 19.7. The number of aryl methyl sites for hydroxylation is 1. The van der Waals surface area contributed by atoms with Crippen molar-refractivity contribution in [3.05, 3.63) is 60.0 Å². The van der Waals surface area contributed by atoms with Crippen molar-refractivity contribution in [1.29, 1.82) is 0 Å². The first-order chi connectivity index (χ1) is 16.5. The molecule has 0 aromatic carbocycles. The highest BCUT2D eigenvalue weighted by Crippen LogP contribution is 2.34. The molecular formula is C25H22N8S. The third-order valence-corrected chi connectivity index (χ3v) is 6.56. The Labute approximate surface area is 199 Å². The van der Waals surface area contributed by atoms with Crippen LogP contribution in [0.1, 0.15) is 18.7 Å². The third-order valence-electron chi connectivity index (χ3n) is 5.52. The molecular weight excluding hydrogens is 444 g/mol. The standard InChI is InChI=1S/C25H22N8S/c1-13(2)28-16-8-15(9-26-10-16)18-5-6-19-23(29-18)24(33-32-19)25-30-20-12-27-11-17(22(20)31-25)21-7-4-14(3)34-21/h4-13,28H,1-3H3,(H,30,31)(H,32,33). The molecule has 0 radical (unpaired) electrons. The van der Waals surface area contributed by atoms with E-state index in [1.165, 1.54) is 4.88 Å². The van der Waals surface area contributed by atoms with Crippen LogP contribution < -0.4 is 5.32 Å². The lowest BCUT2D eigenvalue weighted by atomic mass is 10.1. The topological polar surface area (TPSA) is 108 Å². The highest BCUT2D eigenvalue weighted by molar-refractivity contribution is 7.15. The van der Waals surface area contributed by atoms with Gasteiger partial charge in [-0.15, -0.1) is 11.3 Å². The Morgan fingerprint density at radius 1 is 0.912 bits per heavy atom. The number of aromatic amines is 2. The maximum absolute atomic E-state index is 4.92. The second-order valence-electron chi connectivity index (χ2n) is 8.51.